The summed E-state index contributed by atoms with van der Waals surface area (Å²) in [6.07, 6.45) is 0. The van der Waals surface area contributed by atoms with Crippen molar-refractivity contribution in [3.05, 3.63) is 121 Å². The van der Waals surface area contributed by atoms with Crippen LogP contribution in [0.2, 0.25) is 0 Å². The number of benzene rings is 6. The molecule has 0 atom stereocenters. The molecule has 6 heteroatoms. The lowest BCUT2D eigenvalue weighted by molar-refractivity contribution is 0.656. The summed E-state index contributed by atoms with van der Waals surface area (Å²) < 4.78 is 20.6. The van der Waals surface area contributed by atoms with Crippen LogP contribution in [0.5, 0.6) is 0 Å². The number of hydrogen-bond donors (Lipinski definition) is 0. The van der Waals surface area contributed by atoms with E-state index < -0.39 is 7.34 Å². The van der Waals surface area contributed by atoms with Gasteiger partial charge < -0.3 is 22.2 Å². The largest absolute Gasteiger partial charge is 0.453 e. The molecule has 0 fully saturated rings. The molecule has 11 aromatic rings. The van der Waals surface area contributed by atoms with Gasteiger partial charge in [-0.1, -0.05) is 55.9 Å². The van der Waals surface area contributed by atoms with E-state index in [1.54, 1.807) is 0 Å². The van der Waals surface area contributed by atoms with Gasteiger partial charge in [0.2, 0.25) is 0 Å². The molecule has 196 valence electrons. The molecular weight excluding hydrogens is 537 g/mol. The Morgan fingerprint density at radius 1 is 0.381 bits per heavy atom. The van der Waals surface area contributed by atoms with Gasteiger partial charge in [0.25, 0.3) is 0 Å². The Labute approximate surface area is 238 Å². The van der Waals surface area contributed by atoms with Crippen molar-refractivity contribution in [1.82, 2.24) is 13.4 Å². The van der Waals surface area contributed by atoms with Crippen LogP contribution in [-0.4, -0.2) is 13.4 Å². The highest BCUT2D eigenvalue weighted by atomic mass is 31.1. The number of para-hydroxylation sites is 5. The topological polar surface area (TPSA) is 40.0 Å². The van der Waals surface area contributed by atoms with Crippen LogP contribution in [-0.2, 0) is 0 Å². The Morgan fingerprint density at radius 3 is 1.45 bits per heavy atom. The Bertz CT molecular complexity index is 2730. The van der Waals surface area contributed by atoms with Crippen LogP contribution in [0.25, 0.3) is 87.5 Å². The second-order valence-electron chi connectivity index (χ2n) is 11.0. The minimum absolute atomic E-state index is 0.875. The lowest BCUT2D eigenvalue weighted by Gasteiger charge is -2.26. The van der Waals surface area contributed by atoms with Gasteiger partial charge in [-0.2, -0.15) is 0 Å². The molecule has 0 aliphatic rings. The molecule has 0 spiro atoms. The Morgan fingerprint density at radius 2 is 0.881 bits per heavy atom. The summed E-state index contributed by atoms with van der Waals surface area (Å²) in [5, 5.41) is 4.05. The Balaban J connectivity index is 1.61. The minimum Gasteiger partial charge on any atom is -0.453 e. The quantitative estimate of drug-likeness (QED) is 0.149. The molecule has 11 rings (SSSR count). The van der Waals surface area contributed by atoms with Gasteiger partial charge in [0.1, 0.15) is 11.0 Å². The Hall–Kier alpha value is -5.38. The van der Waals surface area contributed by atoms with E-state index in [2.05, 4.69) is 123 Å². The van der Waals surface area contributed by atoms with Crippen LogP contribution in [0.3, 0.4) is 0 Å². The highest BCUT2D eigenvalue weighted by molar-refractivity contribution is 7.63. The molecule has 42 heavy (non-hydrogen) atoms. The van der Waals surface area contributed by atoms with Gasteiger partial charge in [0.15, 0.2) is 22.3 Å². The maximum absolute atomic E-state index is 6.62. The first-order chi connectivity index (χ1) is 20.9. The number of fused-ring (bicyclic) bond motifs is 6. The number of aromatic nitrogens is 3. The fourth-order valence-electron chi connectivity index (χ4n) is 7.36. The van der Waals surface area contributed by atoms with Gasteiger partial charge in [-0.25, -0.2) is 0 Å². The molecule has 5 aromatic heterocycles. The van der Waals surface area contributed by atoms with Gasteiger partial charge in [0, 0.05) is 10.8 Å². The molecule has 0 radical (unpaired) electrons. The molecule has 0 aliphatic carbocycles. The molecule has 6 aromatic carbocycles. The van der Waals surface area contributed by atoms with Gasteiger partial charge in [-0.05, 0) is 72.8 Å². The normalized spacial score (nSPS) is 12.8. The van der Waals surface area contributed by atoms with Crippen LogP contribution < -0.4 is 0 Å². The monoisotopic (exact) mass is 557 g/mol. The van der Waals surface area contributed by atoms with Gasteiger partial charge >= 0.3 is 0 Å². The molecule has 0 N–H and O–H groups in total. The molecule has 0 bridgehead atoms. The van der Waals surface area contributed by atoms with Gasteiger partial charge in [0.05, 0.1) is 43.3 Å². The van der Waals surface area contributed by atoms with Crippen molar-refractivity contribution in [3.63, 3.8) is 0 Å². The number of hydrogen-bond acceptors (Lipinski definition) is 2. The van der Waals surface area contributed by atoms with Crippen molar-refractivity contribution >= 4 is 89.2 Å². The fourth-order valence-corrected chi connectivity index (χ4v) is 10.5. The van der Waals surface area contributed by atoms with E-state index in [1.807, 2.05) is 12.1 Å². The van der Waals surface area contributed by atoms with E-state index in [9.17, 15) is 0 Å². The predicted molar refractivity (Wildman–Crippen MR) is 173 cm³/mol. The van der Waals surface area contributed by atoms with Crippen LogP contribution in [0.4, 0.5) is 0 Å². The molecule has 0 amide bonds. The van der Waals surface area contributed by atoms with Crippen LogP contribution >= 0.6 is 7.34 Å². The van der Waals surface area contributed by atoms with Crippen molar-refractivity contribution in [2.24, 2.45) is 0 Å². The first-order valence-electron chi connectivity index (χ1n) is 14.1. The van der Waals surface area contributed by atoms with Crippen molar-refractivity contribution in [1.29, 1.82) is 0 Å². The van der Waals surface area contributed by atoms with Crippen molar-refractivity contribution in [2.45, 2.75) is 0 Å². The summed E-state index contributed by atoms with van der Waals surface area (Å²) in [5.74, 6) is 0. The van der Waals surface area contributed by atoms with E-state index >= 15 is 0 Å². The van der Waals surface area contributed by atoms with Gasteiger partial charge in [-0.3, -0.25) is 0 Å². The predicted octanol–water partition coefficient (Wildman–Crippen LogP) is 10.5. The summed E-state index contributed by atoms with van der Waals surface area (Å²) in [6.45, 7) is 0. The fraction of sp³-hybridized carbons (Fsp3) is 0. The lowest BCUT2D eigenvalue weighted by Crippen LogP contribution is -2.06. The molecule has 0 saturated heterocycles. The van der Waals surface area contributed by atoms with E-state index in [-0.39, 0.29) is 0 Å². The van der Waals surface area contributed by atoms with Crippen molar-refractivity contribution in [3.8, 4) is 5.69 Å². The van der Waals surface area contributed by atoms with Crippen molar-refractivity contribution in [2.75, 3.05) is 0 Å². The zero-order valence-corrected chi connectivity index (χ0v) is 23.0. The standard InChI is InChI=1S/C36H20N3O2P/c1-2-9-21(10-3-1)37-26-17-19-30-32-35(26)42-34-24(38(32)22-11-4-6-15-28(22)40-30)13-8-14-25(34)39-23-12-5-7-16-29(23)41-31-20-18-27(37)36(42)33(31)39/h1-20H. The van der Waals surface area contributed by atoms with E-state index in [1.165, 1.54) is 37.4 Å². The maximum atomic E-state index is 6.62. The zero-order valence-electron chi connectivity index (χ0n) is 22.2. The zero-order chi connectivity index (χ0) is 27.1. The van der Waals surface area contributed by atoms with Gasteiger partial charge in [-0.15, -0.1) is 0 Å². The van der Waals surface area contributed by atoms with Crippen LogP contribution in [0.1, 0.15) is 0 Å². The van der Waals surface area contributed by atoms with E-state index in [0.29, 0.717) is 0 Å². The molecule has 5 nitrogen and oxygen atoms in total. The van der Waals surface area contributed by atoms with E-state index in [4.69, 9.17) is 8.83 Å². The summed E-state index contributed by atoms with van der Waals surface area (Å²) in [4.78, 5) is 0. The smallest absolute Gasteiger partial charge is 0.152 e. The lowest BCUT2D eigenvalue weighted by atomic mass is 10.2. The van der Waals surface area contributed by atoms with E-state index in [0.717, 1.165) is 50.1 Å². The van der Waals surface area contributed by atoms with Crippen LogP contribution in [0, 0.1) is 0 Å². The average Bonchev–Trinajstić information content (AvgIpc) is 3.05. The highest BCUT2D eigenvalue weighted by Gasteiger charge is 2.27. The molecule has 0 aliphatic heterocycles. The molecule has 0 saturated carbocycles. The SMILES string of the molecule is c1ccc(-n2c3ccc4oc5ccccc5n5c6cccc7c6p(c3c45)c3c2ccc2oc4ccccc4n7c23)cc1. The first kappa shape index (κ1) is 21.4. The summed E-state index contributed by atoms with van der Waals surface area (Å²) >= 11 is 0. The second-order valence-corrected chi connectivity index (χ2v) is 13.0. The Kier molecular flexibility index (Phi) is 3.70. The van der Waals surface area contributed by atoms with Crippen LogP contribution in [0.15, 0.2) is 130 Å². The maximum Gasteiger partial charge on any atom is 0.152 e. The summed E-state index contributed by atoms with van der Waals surface area (Å²) in [7, 11) is -0.913. The summed E-state index contributed by atoms with van der Waals surface area (Å²) in [5.41, 5.74) is 14.0. The second kappa shape index (κ2) is 7.27. The third-order valence-electron chi connectivity index (χ3n) is 8.93. The van der Waals surface area contributed by atoms with Crippen molar-refractivity contribution < 1.29 is 8.83 Å². The highest BCUT2D eigenvalue weighted by Crippen LogP contribution is 2.57. The first-order valence-corrected chi connectivity index (χ1v) is 15.5. The third kappa shape index (κ3) is 2.37. The molecule has 0 unspecified atom stereocenters. The third-order valence-corrected chi connectivity index (χ3v) is 11.6. The average molecular weight is 558 g/mol. The number of rotatable bonds is 1. The minimum atomic E-state index is -0.913. The summed E-state index contributed by atoms with van der Waals surface area (Å²) in [6, 6.07) is 43.1. The molecule has 5 heterocycles. The number of nitrogens with zero attached hydrogens (tertiary/aromatic N) is 3. The molecular formula is C36H20N3O2P.